The van der Waals surface area contributed by atoms with E-state index in [-0.39, 0.29) is 23.2 Å². The normalized spacial score (nSPS) is 10.8. The summed E-state index contributed by atoms with van der Waals surface area (Å²) in [6.07, 6.45) is 2.17. The first-order valence-corrected chi connectivity index (χ1v) is 8.51. The molecule has 4 N–H and O–H groups in total. The van der Waals surface area contributed by atoms with Gasteiger partial charge in [-0.3, -0.25) is 10.1 Å². The Balaban J connectivity index is 0.00000392. The second kappa shape index (κ2) is 11.3. The molecule has 28 heavy (non-hydrogen) atoms. The molecule has 0 saturated heterocycles. The smallest absolute Gasteiger partial charge is 0.269 e. The minimum atomic E-state index is -0.428. The highest BCUT2D eigenvalue weighted by Gasteiger charge is 2.12. The molecular formula is C18H25N5O5. The van der Waals surface area contributed by atoms with Gasteiger partial charge in [-0.2, -0.15) is 0 Å². The molecule has 0 aliphatic carbocycles. The number of hydrogen-bond acceptors (Lipinski definition) is 7. The van der Waals surface area contributed by atoms with Gasteiger partial charge in [0.25, 0.3) is 5.69 Å². The van der Waals surface area contributed by atoms with Crippen LogP contribution < -0.4 is 15.8 Å². The second-order valence-corrected chi connectivity index (χ2v) is 5.85. The first-order chi connectivity index (χ1) is 13.0. The van der Waals surface area contributed by atoms with Crippen molar-refractivity contribution in [3.05, 3.63) is 63.9 Å². The molecule has 152 valence electrons. The fraction of sp³-hybridized carbons (Fsp3) is 0.333. The van der Waals surface area contributed by atoms with E-state index in [1.165, 1.54) is 12.1 Å². The summed E-state index contributed by atoms with van der Waals surface area (Å²) in [5, 5.41) is 32.7. The lowest BCUT2D eigenvalue weighted by Gasteiger charge is -2.25. The van der Waals surface area contributed by atoms with Crippen molar-refractivity contribution in [2.75, 3.05) is 25.1 Å². The van der Waals surface area contributed by atoms with Crippen molar-refractivity contribution in [1.29, 1.82) is 0 Å². The Hall–Kier alpha value is -3.40. The molecule has 0 saturated carbocycles. The standard InChI is InChI=1S/C18H22N4O5.H3N/c1-27-18-11-9-16(10-12-18)20(13-3-2-4-14-21(24)19-23)15-5-7-17(8-6-15)22(25)26;/h5-12,23H,2-4,13-14H2,1H3;1H3. The highest BCUT2D eigenvalue weighted by molar-refractivity contribution is 5.65. The summed E-state index contributed by atoms with van der Waals surface area (Å²) in [5.41, 5.74) is 1.80. The van der Waals surface area contributed by atoms with Crippen LogP contribution in [0.2, 0.25) is 0 Å². The summed E-state index contributed by atoms with van der Waals surface area (Å²) in [6.45, 7) is 0.801. The number of unbranched alkanes of at least 4 members (excludes halogenated alkanes) is 2. The van der Waals surface area contributed by atoms with Crippen LogP contribution >= 0.6 is 0 Å². The number of nitro groups is 1. The predicted octanol–water partition coefficient (Wildman–Crippen LogP) is 4.43. The first-order valence-electron chi connectivity index (χ1n) is 8.51. The van der Waals surface area contributed by atoms with E-state index in [0.29, 0.717) is 13.0 Å². The summed E-state index contributed by atoms with van der Waals surface area (Å²) >= 11 is 0. The number of anilines is 2. The third-order valence-electron chi connectivity index (χ3n) is 4.09. The molecule has 0 aromatic heterocycles. The van der Waals surface area contributed by atoms with Gasteiger partial charge in [-0.15, -0.1) is 0 Å². The highest BCUT2D eigenvalue weighted by atomic mass is 16.6. The molecule has 0 unspecified atom stereocenters. The fourth-order valence-corrected chi connectivity index (χ4v) is 2.66. The molecule has 0 aliphatic rings. The van der Waals surface area contributed by atoms with Gasteiger partial charge < -0.3 is 26.2 Å². The number of non-ortho nitro benzene ring substituents is 1. The number of benzene rings is 2. The van der Waals surface area contributed by atoms with E-state index >= 15 is 0 Å². The van der Waals surface area contributed by atoms with Crippen LogP contribution in [-0.2, 0) is 0 Å². The zero-order chi connectivity index (χ0) is 19.6. The molecule has 2 rings (SSSR count). The molecule has 0 aliphatic heterocycles. The molecule has 10 nitrogen and oxygen atoms in total. The molecule has 0 bridgehead atoms. The van der Waals surface area contributed by atoms with E-state index < -0.39 is 4.92 Å². The Bertz CT molecular complexity index is 765. The zero-order valence-electron chi connectivity index (χ0n) is 15.7. The van der Waals surface area contributed by atoms with Crippen LogP contribution in [-0.4, -0.2) is 35.2 Å². The van der Waals surface area contributed by atoms with Gasteiger partial charge in [0.15, 0.2) is 11.8 Å². The molecule has 0 fully saturated rings. The Kier molecular flexibility index (Phi) is 9.17. The average molecular weight is 391 g/mol. The predicted molar refractivity (Wildman–Crippen MR) is 105 cm³/mol. The first kappa shape index (κ1) is 22.6. The number of methoxy groups -OCH3 is 1. The monoisotopic (exact) mass is 391 g/mol. The number of rotatable bonds is 10. The van der Waals surface area contributed by atoms with E-state index in [2.05, 4.69) is 10.2 Å². The lowest BCUT2D eigenvalue weighted by molar-refractivity contribution is -0.556. The average Bonchev–Trinajstić information content (AvgIpc) is 2.70. The lowest BCUT2D eigenvalue weighted by atomic mass is 10.1. The quantitative estimate of drug-likeness (QED) is 0.200. The molecule has 0 atom stereocenters. The fourth-order valence-electron chi connectivity index (χ4n) is 2.66. The van der Waals surface area contributed by atoms with E-state index in [1.807, 2.05) is 24.3 Å². The maximum Gasteiger partial charge on any atom is 0.269 e. The van der Waals surface area contributed by atoms with Crippen molar-refractivity contribution < 1.29 is 19.7 Å². The Morgan fingerprint density at radius 3 is 2.07 bits per heavy atom. The summed E-state index contributed by atoms with van der Waals surface area (Å²) in [5.74, 6) is 0.741. The van der Waals surface area contributed by atoms with E-state index in [0.717, 1.165) is 30.0 Å². The van der Waals surface area contributed by atoms with Crippen LogP contribution in [0.15, 0.2) is 53.8 Å². The summed E-state index contributed by atoms with van der Waals surface area (Å²) in [4.78, 5) is 12.7. The van der Waals surface area contributed by atoms with Crippen LogP contribution in [0.5, 0.6) is 5.75 Å². The van der Waals surface area contributed by atoms with Gasteiger partial charge in [0.2, 0.25) is 0 Å². The molecule has 10 heteroatoms. The highest BCUT2D eigenvalue weighted by Crippen LogP contribution is 2.29. The molecule has 0 radical (unpaired) electrons. The van der Waals surface area contributed by atoms with Gasteiger partial charge >= 0.3 is 0 Å². The summed E-state index contributed by atoms with van der Waals surface area (Å²) in [7, 11) is 1.60. The van der Waals surface area contributed by atoms with Crippen molar-refractivity contribution in [3.63, 3.8) is 0 Å². The van der Waals surface area contributed by atoms with Crippen molar-refractivity contribution in [2.45, 2.75) is 19.3 Å². The number of hydrogen-bond donors (Lipinski definition) is 2. The number of hydroxylamine groups is 1. The van der Waals surface area contributed by atoms with Gasteiger partial charge in [-0.1, -0.05) is 4.86 Å². The van der Waals surface area contributed by atoms with Crippen LogP contribution in [0, 0.1) is 15.3 Å². The topological polar surface area (TPSA) is 149 Å². The summed E-state index contributed by atoms with van der Waals surface area (Å²) in [6, 6.07) is 13.9. The lowest BCUT2D eigenvalue weighted by Crippen LogP contribution is -2.18. The third kappa shape index (κ3) is 6.40. The van der Waals surface area contributed by atoms with Gasteiger partial charge in [-0.25, -0.2) is 0 Å². The minimum absolute atomic E-state index is 0. The molecule has 2 aromatic carbocycles. The van der Waals surface area contributed by atoms with Crippen molar-refractivity contribution in [2.24, 2.45) is 5.28 Å². The van der Waals surface area contributed by atoms with E-state index in [4.69, 9.17) is 9.94 Å². The maximum absolute atomic E-state index is 10.9. The largest absolute Gasteiger partial charge is 0.597 e. The SMILES string of the molecule is COc1ccc(N(CCCCC[N+]([O-])=NO)c2ccc([N+](=O)[O-])cc2)cc1.N. The summed E-state index contributed by atoms with van der Waals surface area (Å²) < 4.78 is 5.19. The molecule has 2 aromatic rings. The van der Waals surface area contributed by atoms with Gasteiger partial charge in [0, 0.05) is 36.5 Å². The van der Waals surface area contributed by atoms with Crippen LogP contribution in [0.1, 0.15) is 19.3 Å². The van der Waals surface area contributed by atoms with Gasteiger partial charge in [0.1, 0.15) is 5.75 Å². The molecule has 0 heterocycles. The minimum Gasteiger partial charge on any atom is -0.597 e. The van der Waals surface area contributed by atoms with Crippen LogP contribution in [0.25, 0.3) is 0 Å². The third-order valence-corrected chi connectivity index (χ3v) is 4.09. The molecule has 0 spiro atoms. The Morgan fingerprint density at radius 1 is 1.00 bits per heavy atom. The van der Waals surface area contributed by atoms with Gasteiger partial charge in [0.05, 0.1) is 12.0 Å². The molecular weight excluding hydrogens is 366 g/mol. The van der Waals surface area contributed by atoms with Crippen LogP contribution in [0.4, 0.5) is 17.1 Å². The van der Waals surface area contributed by atoms with Gasteiger partial charge in [-0.05, 0) is 49.2 Å². The number of nitrogens with zero attached hydrogens (tertiary/aromatic N) is 4. The second-order valence-electron chi connectivity index (χ2n) is 5.85. The zero-order valence-corrected chi connectivity index (χ0v) is 15.7. The molecule has 0 amide bonds. The van der Waals surface area contributed by atoms with E-state index in [1.54, 1.807) is 19.2 Å². The van der Waals surface area contributed by atoms with Crippen molar-refractivity contribution in [1.82, 2.24) is 6.15 Å². The number of nitro benzene ring substituents is 1. The van der Waals surface area contributed by atoms with Crippen molar-refractivity contribution >= 4 is 17.1 Å². The van der Waals surface area contributed by atoms with E-state index in [9.17, 15) is 15.3 Å². The Morgan fingerprint density at radius 2 is 1.57 bits per heavy atom. The maximum atomic E-state index is 10.9. The van der Waals surface area contributed by atoms with Crippen LogP contribution in [0.3, 0.4) is 0 Å². The van der Waals surface area contributed by atoms with Crippen molar-refractivity contribution in [3.8, 4) is 5.75 Å². The number of ether oxygens (including phenoxy) is 1. The Labute approximate surface area is 162 Å².